The zero-order chi connectivity index (χ0) is 34.8. The molecule has 0 bridgehead atoms. The molecule has 2 aromatic carbocycles. The lowest BCUT2D eigenvalue weighted by molar-refractivity contribution is -0.151. The predicted octanol–water partition coefficient (Wildman–Crippen LogP) is 8.13. The number of allylic oxidation sites excluding steroid dienone is 1. The third-order valence-corrected chi connectivity index (χ3v) is 8.70. The Hall–Kier alpha value is -2.59. The Morgan fingerprint density at radius 3 is 1.60 bits per heavy atom. The molecule has 1 N–H and O–H groups in total. The molecule has 2 aromatic rings. The lowest BCUT2D eigenvalue weighted by atomic mass is 9.97. The van der Waals surface area contributed by atoms with Gasteiger partial charge in [0.05, 0.1) is 45.1 Å². The Kier molecular flexibility index (Phi) is 19.1. The summed E-state index contributed by atoms with van der Waals surface area (Å²) in [7, 11) is 0. The second-order valence-corrected chi connectivity index (χ2v) is 12.4. The van der Waals surface area contributed by atoms with Crippen molar-refractivity contribution in [2.45, 2.75) is 39.5 Å². The van der Waals surface area contributed by atoms with Crippen molar-refractivity contribution in [1.82, 2.24) is 10.2 Å². The molecule has 2 aliphatic heterocycles. The number of hydrogen-bond acceptors (Lipinski definition) is 7. The zero-order valence-electron chi connectivity index (χ0n) is 26.3. The molecule has 2 heterocycles. The van der Waals surface area contributed by atoms with Crippen LogP contribution in [-0.4, -0.2) is 67.4 Å². The highest BCUT2D eigenvalue weighted by atomic mass is 35.5. The third kappa shape index (κ3) is 15.5. The highest BCUT2D eigenvalue weighted by Gasteiger charge is 2.27. The number of benzene rings is 2. The van der Waals surface area contributed by atoms with Crippen molar-refractivity contribution in [3.05, 3.63) is 79.8 Å². The highest BCUT2D eigenvalue weighted by Crippen LogP contribution is 2.24. The van der Waals surface area contributed by atoms with E-state index in [0.717, 1.165) is 37.1 Å². The van der Waals surface area contributed by atoms with E-state index < -0.39 is 5.24 Å². The number of nitrogens with zero attached hydrogens (tertiary/aromatic N) is 1. The normalized spacial score (nSPS) is 15.3. The van der Waals surface area contributed by atoms with Gasteiger partial charge in [-0.3, -0.25) is 19.2 Å². The predicted molar refractivity (Wildman–Crippen MR) is 190 cm³/mol. The smallest absolute Gasteiger partial charge is 0.309 e. The number of piperidine rings is 2. The SMILES string of the molecule is CCOC(=O)C1CCN(C(=O)/C=C/c2ccc(Cl)c(Cl)c2)CC1.CCOC(=O)C1CCNCC1.O=C(Cl)/C=C/c1ccc(Cl)c(Cl)c1. The van der Waals surface area contributed by atoms with E-state index in [4.69, 9.17) is 67.5 Å². The van der Waals surface area contributed by atoms with Gasteiger partial charge in [-0.15, -0.1) is 0 Å². The molecule has 0 aliphatic carbocycles. The molecule has 47 heavy (non-hydrogen) atoms. The van der Waals surface area contributed by atoms with Crippen molar-refractivity contribution in [3.63, 3.8) is 0 Å². The Morgan fingerprint density at radius 1 is 0.723 bits per heavy atom. The maximum Gasteiger partial charge on any atom is 0.309 e. The number of rotatable bonds is 8. The summed E-state index contributed by atoms with van der Waals surface area (Å²) >= 11 is 28.4. The largest absolute Gasteiger partial charge is 0.466 e. The van der Waals surface area contributed by atoms with Crippen molar-refractivity contribution in [3.8, 4) is 0 Å². The minimum absolute atomic E-state index is 0.0194. The number of esters is 2. The number of nitrogens with one attached hydrogen (secondary N) is 1. The quantitative estimate of drug-likeness (QED) is 0.165. The van der Waals surface area contributed by atoms with Crippen molar-refractivity contribution < 1.29 is 28.7 Å². The summed E-state index contributed by atoms with van der Waals surface area (Å²) in [5, 5.41) is 4.55. The number of carbonyl (C=O) groups is 4. The van der Waals surface area contributed by atoms with E-state index in [1.807, 2.05) is 6.92 Å². The first-order valence-corrected chi connectivity index (χ1v) is 17.1. The van der Waals surface area contributed by atoms with Gasteiger partial charge in [0.15, 0.2) is 0 Å². The first kappa shape index (κ1) is 40.6. The van der Waals surface area contributed by atoms with Crippen LogP contribution >= 0.6 is 58.0 Å². The molecular weight excluding hydrogens is 710 g/mol. The molecule has 2 fully saturated rings. The van der Waals surface area contributed by atoms with Gasteiger partial charge in [0.25, 0.3) is 0 Å². The van der Waals surface area contributed by atoms with Crippen LogP contribution in [0.15, 0.2) is 48.6 Å². The summed E-state index contributed by atoms with van der Waals surface area (Å²) in [6, 6.07) is 10.2. The number of ether oxygens (including phenoxy) is 2. The molecule has 1 amide bonds. The Bertz CT molecular complexity index is 1400. The summed E-state index contributed by atoms with van der Waals surface area (Å²) in [5.41, 5.74) is 1.59. The molecule has 0 spiro atoms. The molecule has 13 heteroatoms. The van der Waals surface area contributed by atoms with Gasteiger partial charge >= 0.3 is 11.9 Å². The number of likely N-dealkylation sites (tertiary alicyclic amines) is 1. The molecule has 2 saturated heterocycles. The van der Waals surface area contributed by atoms with E-state index >= 15 is 0 Å². The lowest BCUT2D eigenvalue weighted by Gasteiger charge is -2.30. The van der Waals surface area contributed by atoms with Crippen LogP contribution in [0.2, 0.25) is 20.1 Å². The summed E-state index contributed by atoms with van der Waals surface area (Å²) in [6.07, 6.45) is 9.19. The summed E-state index contributed by atoms with van der Waals surface area (Å²) in [5.74, 6) is -0.201. The van der Waals surface area contributed by atoms with Crippen LogP contribution in [-0.2, 0) is 28.7 Å². The second-order valence-electron chi connectivity index (χ2n) is 10.4. The Morgan fingerprint density at radius 2 is 1.17 bits per heavy atom. The van der Waals surface area contributed by atoms with Crippen molar-refractivity contribution >= 4 is 93.2 Å². The van der Waals surface area contributed by atoms with Gasteiger partial charge in [-0.1, -0.05) is 64.6 Å². The minimum atomic E-state index is -0.522. The summed E-state index contributed by atoms with van der Waals surface area (Å²) in [4.78, 5) is 47.1. The first-order chi connectivity index (χ1) is 22.4. The van der Waals surface area contributed by atoms with Crippen LogP contribution in [0.3, 0.4) is 0 Å². The van der Waals surface area contributed by atoms with Crippen LogP contribution in [0, 0.1) is 11.8 Å². The monoisotopic (exact) mass is 746 g/mol. The average Bonchev–Trinajstić information content (AvgIpc) is 3.07. The van der Waals surface area contributed by atoms with Gasteiger partial charge in [-0.25, -0.2) is 0 Å². The number of carbonyl (C=O) groups excluding carboxylic acids is 4. The Balaban J connectivity index is 0.000000270. The number of amides is 1. The standard InChI is InChI=1S/C17H19Cl2NO3.C9H5Cl3O.C8H15NO2/c1-2-23-17(22)13-7-9-20(10-8-13)16(21)6-4-12-3-5-14(18)15(19)11-12;10-7-3-1-6(5-8(7)11)2-4-9(12)13;1-2-11-8(10)7-3-5-9-6-4-7/h3-6,11,13H,2,7-10H2,1H3;1-5H;7,9H,2-6H2,1H3/b6-4+;4-2+;. The second kappa shape index (κ2) is 22.1. The van der Waals surface area contributed by atoms with E-state index in [1.54, 1.807) is 60.4 Å². The molecule has 0 atom stereocenters. The lowest BCUT2D eigenvalue weighted by Crippen LogP contribution is -2.39. The summed E-state index contributed by atoms with van der Waals surface area (Å²) in [6.45, 7) is 7.56. The maximum absolute atomic E-state index is 12.2. The van der Waals surface area contributed by atoms with Gasteiger partial charge in [0.1, 0.15) is 0 Å². The molecule has 0 unspecified atom stereocenters. The molecule has 256 valence electrons. The van der Waals surface area contributed by atoms with Gasteiger partial charge in [0.2, 0.25) is 11.1 Å². The van der Waals surface area contributed by atoms with Gasteiger partial charge in [-0.2, -0.15) is 0 Å². The fourth-order valence-corrected chi connectivity index (χ4v) is 5.26. The number of halogens is 5. The first-order valence-electron chi connectivity index (χ1n) is 15.2. The van der Waals surface area contributed by atoms with E-state index in [1.165, 1.54) is 12.2 Å². The molecule has 0 aromatic heterocycles. The fraction of sp³-hybridized carbons (Fsp3) is 0.412. The van der Waals surface area contributed by atoms with Gasteiger partial charge in [-0.05, 0) is 112 Å². The Labute approximate surface area is 301 Å². The van der Waals surface area contributed by atoms with Gasteiger partial charge < -0.3 is 19.7 Å². The molecular formula is C34H39Cl5N2O6. The highest BCUT2D eigenvalue weighted by molar-refractivity contribution is 6.66. The summed E-state index contributed by atoms with van der Waals surface area (Å²) < 4.78 is 9.94. The molecule has 2 aliphatic rings. The fourth-order valence-electron chi connectivity index (χ4n) is 4.58. The van der Waals surface area contributed by atoms with Crippen LogP contribution in [0.5, 0.6) is 0 Å². The van der Waals surface area contributed by atoms with Crippen molar-refractivity contribution in [2.24, 2.45) is 11.8 Å². The van der Waals surface area contributed by atoms with Crippen LogP contribution in [0.1, 0.15) is 50.7 Å². The van der Waals surface area contributed by atoms with Crippen LogP contribution in [0.25, 0.3) is 12.2 Å². The van der Waals surface area contributed by atoms with Crippen molar-refractivity contribution in [1.29, 1.82) is 0 Å². The van der Waals surface area contributed by atoms with Crippen LogP contribution < -0.4 is 5.32 Å². The average molecular weight is 749 g/mol. The molecule has 0 radical (unpaired) electrons. The van der Waals surface area contributed by atoms with Crippen molar-refractivity contribution in [2.75, 3.05) is 39.4 Å². The zero-order valence-corrected chi connectivity index (χ0v) is 30.1. The van der Waals surface area contributed by atoms with E-state index in [2.05, 4.69) is 5.32 Å². The van der Waals surface area contributed by atoms with E-state index in [0.29, 0.717) is 59.2 Å². The molecule has 0 saturated carbocycles. The molecule has 4 rings (SSSR count). The van der Waals surface area contributed by atoms with E-state index in [-0.39, 0.29) is 29.7 Å². The third-order valence-electron chi connectivity index (χ3n) is 7.10. The molecule has 8 nitrogen and oxygen atoms in total. The van der Waals surface area contributed by atoms with Gasteiger partial charge in [0, 0.05) is 19.2 Å². The topological polar surface area (TPSA) is 102 Å². The minimum Gasteiger partial charge on any atom is -0.466 e. The number of hydrogen-bond donors (Lipinski definition) is 1. The van der Waals surface area contributed by atoms with E-state index in [9.17, 15) is 19.2 Å². The van der Waals surface area contributed by atoms with Crippen LogP contribution in [0.4, 0.5) is 0 Å². The maximum atomic E-state index is 12.2.